The lowest BCUT2D eigenvalue weighted by Crippen LogP contribution is -2.50. The van der Waals surface area contributed by atoms with Crippen LogP contribution in [0.15, 0.2) is 42.5 Å². The van der Waals surface area contributed by atoms with Gasteiger partial charge in [0, 0.05) is 31.2 Å². The van der Waals surface area contributed by atoms with Gasteiger partial charge >= 0.3 is 6.09 Å². The van der Waals surface area contributed by atoms with Gasteiger partial charge in [0.25, 0.3) is 5.91 Å². The summed E-state index contributed by atoms with van der Waals surface area (Å²) in [5, 5.41) is 2.08. The van der Waals surface area contributed by atoms with E-state index in [0.29, 0.717) is 13.1 Å². The summed E-state index contributed by atoms with van der Waals surface area (Å²) < 4.78 is 5.51. The Morgan fingerprint density at radius 2 is 1.73 bits per heavy atom. The van der Waals surface area contributed by atoms with Crippen molar-refractivity contribution in [2.45, 2.75) is 65.0 Å². The van der Waals surface area contributed by atoms with E-state index in [1.165, 1.54) is 0 Å². The van der Waals surface area contributed by atoms with Crippen molar-refractivity contribution >= 4 is 22.8 Å². The van der Waals surface area contributed by atoms with E-state index in [1.807, 2.05) is 68.1 Å². The second-order valence-corrected chi connectivity index (χ2v) is 9.08. The third-order valence-corrected chi connectivity index (χ3v) is 5.59. The number of likely N-dealkylation sites (tertiary alicyclic amines) is 1. The number of benzene rings is 2. The Kier molecular flexibility index (Phi) is 7.01. The molecule has 30 heavy (non-hydrogen) atoms. The first kappa shape index (κ1) is 22.1. The van der Waals surface area contributed by atoms with Gasteiger partial charge in [-0.25, -0.2) is 4.79 Å². The Balaban J connectivity index is 1.75. The van der Waals surface area contributed by atoms with Gasteiger partial charge in [0.15, 0.2) is 0 Å². The average molecular weight is 411 g/mol. The van der Waals surface area contributed by atoms with Crippen LogP contribution in [0.4, 0.5) is 4.79 Å². The molecule has 3 rings (SSSR count). The van der Waals surface area contributed by atoms with Crippen LogP contribution >= 0.6 is 0 Å². The standard InChI is InChI=1S/C25H34N2O3/c1-5-6-16-27(20-14-17-26(18-15-20)24(29)30-25(2,3)4)23(28)22-13-9-11-19-10-7-8-12-21(19)22/h7-13,20H,5-6,14-18H2,1-4H3. The largest absolute Gasteiger partial charge is 0.444 e. The average Bonchev–Trinajstić information content (AvgIpc) is 2.72. The minimum atomic E-state index is -0.495. The van der Waals surface area contributed by atoms with Crippen molar-refractivity contribution in [3.05, 3.63) is 48.0 Å². The lowest BCUT2D eigenvalue weighted by atomic mass is 9.99. The summed E-state index contributed by atoms with van der Waals surface area (Å²) in [6.45, 7) is 9.77. The fraction of sp³-hybridized carbons (Fsp3) is 0.520. The third-order valence-electron chi connectivity index (χ3n) is 5.59. The number of unbranched alkanes of at least 4 members (excludes halogenated alkanes) is 1. The van der Waals surface area contributed by atoms with Gasteiger partial charge in [-0.1, -0.05) is 49.7 Å². The Hall–Kier alpha value is -2.56. The molecule has 0 unspecified atom stereocenters. The van der Waals surface area contributed by atoms with Crippen molar-refractivity contribution in [3.8, 4) is 0 Å². The SMILES string of the molecule is CCCCN(C(=O)c1cccc2ccccc12)C1CCN(C(=O)OC(C)(C)C)CC1. The van der Waals surface area contributed by atoms with Gasteiger partial charge in [0.1, 0.15) is 5.60 Å². The van der Waals surface area contributed by atoms with Crippen molar-refractivity contribution < 1.29 is 14.3 Å². The number of hydrogen-bond donors (Lipinski definition) is 0. The van der Waals surface area contributed by atoms with E-state index in [9.17, 15) is 9.59 Å². The first-order chi connectivity index (χ1) is 14.3. The van der Waals surface area contributed by atoms with E-state index in [2.05, 4.69) is 6.92 Å². The number of carbonyl (C=O) groups is 2. The number of piperidine rings is 1. The van der Waals surface area contributed by atoms with Crippen LogP contribution in [-0.4, -0.2) is 53.1 Å². The summed E-state index contributed by atoms with van der Waals surface area (Å²) in [6, 6.07) is 14.1. The van der Waals surface area contributed by atoms with Crippen LogP contribution in [-0.2, 0) is 4.74 Å². The molecular formula is C25H34N2O3. The molecule has 2 aromatic carbocycles. The Morgan fingerprint density at radius 1 is 1.07 bits per heavy atom. The van der Waals surface area contributed by atoms with Gasteiger partial charge in [0.05, 0.1) is 0 Å². The summed E-state index contributed by atoms with van der Waals surface area (Å²) in [5.41, 5.74) is 0.268. The van der Waals surface area contributed by atoms with E-state index in [1.54, 1.807) is 4.90 Å². The topological polar surface area (TPSA) is 49.9 Å². The number of rotatable bonds is 5. The number of hydrogen-bond acceptors (Lipinski definition) is 3. The van der Waals surface area contributed by atoms with Gasteiger partial charge in [-0.15, -0.1) is 0 Å². The van der Waals surface area contributed by atoms with Crippen LogP contribution in [0.3, 0.4) is 0 Å². The van der Waals surface area contributed by atoms with E-state index in [4.69, 9.17) is 4.74 Å². The summed E-state index contributed by atoms with van der Waals surface area (Å²) >= 11 is 0. The Labute approximate surface area is 180 Å². The first-order valence-corrected chi connectivity index (χ1v) is 11.1. The molecule has 1 saturated heterocycles. The number of carbonyl (C=O) groups excluding carboxylic acids is 2. The second kappa shape index (κ2) is 9.50. The molecule has 0 bridgehead atoms. The molecule has 2 aromatic rings. The first-order valence-electron chi connectivity index (χ1n) is 11.1. The van der Waals surface area contributed by atoms with Crippen LogP contribution in [0.1, 0.15) is 63.7 Å². The zero-order valence-corrected chi connectivity index (χ0v) is 18.7. The number of nitrogens with zero attached hydrogens (tertiary/aromatic N) is 2. The third kappa shape index (κ3) is 5.32. The Bertz CT molecular complexity index is 874. The molecule has 0 aromatic heterocycles. The molecule has 0 aliphatic carbocycles. The smallest absolute Gasteiger partial charge is 0.410 e. The van der Waals surface area contributed by atoms with Crippen LogP contribution in [0, 0.1) is 0 Å². The molecule has 0 saturated carbocycles. The maximum absolute atomic E-state index is 13.6. The van der Waals surface area contributed by atoms with Crippen LogP contribution < -0.4 is 0 Å². The van der Waals surface area contributed by atoms with E-state index in [-0.39, 0.29) is 18.0 Å². The predicted octanol–water partition coefficient (Wildman–Crippen LogP) is 5.48. The second-order valence-electron chi connectivity index (χ2n) is 9.08. The van der Waals surface area contributed by atoms with Gasteiger partial charge in [0.2, 0.25) is 0 Å². The van der Waals surface area contributed by atoms with Gasteiger partial charge in [-0.3, -0.25) is 4.79 Å². The highest BCUT2D eigenvalue weighted by Crippen LogP contribution is 2.25. The predicted molar refractivity (Wildman–Crippen MR) is 121 cm³/mol. The molecule has 5 heteroatoms. The van der Waals surface area contributed by atoms with Crippen LogP contribution in [0.2, 0.25) is 0 Å². The molecule has 5 nitrogen and oxygen atoms in total. The fourth-order valence-electron chi connectivity index (χ4n) is 4.03. The number of fused-ring (bicyclic) bond motifs is 1. The zero-order valence-electron chi connectivity index (χ0n) is 18.7. The number of ether oxygens (including phenoxy) is 1. The molecule has 1 aliphatic rings. The van der Waals surface area contributed by atoms with Crippen molar-refractivity contribution in [1.82, 2.24) is 9.80 Å². The van der Waals surface area contributed by atoms with E-state index < -0.39 is 5.60 Å². The van der Waals surface area contributed by atoms with E-state index >= 15 is 0 Å². The number of amides is 2. The summed E-state index contributed by atoms with van der Waals surface area (Å²) in [6.07, 6.45) is 3.30. The maximum atomic E-state index is 13.6. The summed E-state index contributed by atoms with van der Waals surface area (Å²) in [7, 11) is 0. The molecule has 0 N–H and O–H groups in total. The highest BCUT2D eigenvalue weighted by molar-refractivity contribution is 6.07. The van der Waals surface area contributed by atoms with Gasteiger partial charge in [-0.05, 0) is 56.9 Å². The molecule has 162 valence electrons. The van der Waals surface area contributed by atoms with E-state index in [0.717, 1.165) is 48.6 Å². The molecule has 0 radical (unpaired) electrons. The molecule has 2 amide bonds. The quantitative estimate of drug-likeness (QED) is 0.656. The van der Waals surface area contributed by atoms with Crippen LogP contribution in [0.5, 0.6) is 0 Å². The highest BCUT2D eigenvalue weighted by Gasteiger charge is 2.32. The monoisotopic (exact) mass is 410 g/mol. The van der Waals surface area contributed by atoms with Crippen molar-refractivity contribution in [2.75, 3.05) is 19.6 Å². The van der Waals surface area contributed by atoms with Crippen molar-refractivity contribution in [3.63, 3.8) is 0 Å². The fourth-order valence-corrected chi connectivity index (χ4v) is 4.03. The minimum Gasteiger partial charge on any atom is -0.444 e. The highest BCUT2D eigenvalue weighted by atomic mass is 16.6. The van der Waals surface area contributed by atoms with Gasteiger partial charge in [-0.2, -0.15) is 0 Å². The molecule has 1 aliphatic heterocycles. The molecule has 0 spiro atoms. The normalized spacial score (nSPS) is 15.3. The van der Waals surface area contributed by atoms with Crippen LogP contribution in [0.25, 0.3) is 10.8 Å². The minimum absolute atomic E-state index is 0.0935. The van der Waals surface area contributed by atoms with Crippen molar-refractivity contribution in [1.29, 1.82) is 0 Å². The molecular weight excluding hydrogens is 376 g/mol. The lowest BCUT2D eigenvalue weighted by Gasteiger charge is -2.39. The molecule has 1 heterocycles. The maximum Gasteiger partial charge on any atom is 0.410 e. The summed E-state index contributed by atoms with van der Waals surface area (Å²) in [4.78, 5) is 29.8. The Morgan fingerprint density at radius 3 is 2.40 bits per heavy atom. The zero-order chi connectivity index (χ0) is 21.7. The lowest BCUT2D eigenvalue weighted by molar-refractivity contribution is 0.0146. The van der Waals surface area contributed by atoms with Crippen molar-refractivity contribution in [2.24, 2.45) is 0 Å². The van der Waals surface area contributed by atoms with Gasteiger partial charge < -0.3 is 14.5 Å². The summed E-state index contributed by atoms with van der Waals surface area (Å²) in [5.74, 6) is 0.0935. The molecule has 1 fully saturated rings. The molecule has 0 atom stereocenters.